The molecule has 3 aromatic rings. The van der Waals surface area contributed by atoms with E-state index in [0.717, 1.165) is 36.2 Å². The number of carbonyl (C=O) groups is 1. The van der Waals surface area contributed by atoms with Crippen molar-refractivity contribution < 1.29 is 9.53 Å². The van der Waals surface area contributed by atoms with E-state index < -0.39 is 0 Å². The molecule has 7 heteroatoms. The summed E-state index contributed by atoms with van der Waals surface area (Å²) in [5.74, 6) is 1.04. The molecule has 0 aliphatic carbocycles. The molecule has 0 spiro atoms. The third kappa shape index (κ3) is 4.45. The van der Waals surface area contributed by atoms with Crippen LogP contribution in [0.2, 0.25) is 0 Å². The number of anilines is 1. The lowest BCUT2D eigenvalue weighted by Crippen LogP contribution is -2.44. The standard InChI is InChI=1S/C23H26N4O3/c1-2-30-18-11-9-16(10-12-18)14-24-22(28)17-6-5-13-27(15-17)21-23(29)26-20-8-4-3-7-19(20)25-21/h3-4,7-12,17H,2,5-6,13-15H2,1H3,(H,24,28)(H,26,29)/t17-/m1/s1. The van der Waals surface area contributed by atoms with Crippen LogP contribution in [0.1, 0.15) is 25.3 Å². The minimum atomic E-state index is -0.218. The first kappa shape index (κ1) is 19.9. The molecule has 0 radical (unpaired) electrons. The average Bonchev–Trinajstić information content (AvgIpc) is 2.78. The second kappa shape index (κ2) is 8.98. The summed E-state index contributed by atoms with van der Waals surface area (Å²) in [7, 11) is 0. The topological polar surface area (TPSA) is 87.3 Å². The third-order valence-corrected chi connectivity index (χ3v) is 5.37. The minimum Gasteiger partial charge on any atom is -0.494 e. The number of para-hydroxylation sites is 2. The molecule has 4 rings (SSSR count). The number of nitrogens with zero attached hydrogens (tertiary/aromatic N) is 2. The summed E-state index contributed by atoms with van der Waals surface area (Å²) in [5, 5.41) is 3.02. The van der Waals surface area contributed by atoms with Crippen molar-refractivity contribution in [1.82, 2.24) is 15.3 Å². The van der Waals surface area contributed by atoms with E-state index in [0.29, 0.717) is 31.0 Å². The summed E-state index contributed by atoms with van der Waals surface area (Å²) >= 11 is 0. The van der Waals surface area contributed by atoms with Gasteiger partial charge in [-0.3, -0.25) is 9.59 Å². The molecule has 156 valence electrons. The number of hydrogen-bond donors (Lipinski definition) is 2. The van der Waals surface area contributed by atoms with Crippen LogP contribution >= 0.6 is 0 Å². The molecule has 1 aliphatic heterocycles. The molecule has 1 saturated heterocycles. The quantitative estimate of drug-likeness (QED) is 0.657. The fourth-order valence-electron chi connectivity index (χ4n) is 3.82. The molecule has 7 nitrogen and oxygen atoms in total. The Kier molecular flexibility index (Phi) is 5.97. The Morgan fingerprint density at radius 1 is 1.23 bits per heavy atom. The molecule has 1 aliphatic rings. The SMILES string of the molecule is CCOc1ccc(CNC(=O)[C@@H]2CCCN(c3nc4ccccc4[nH]c3=O)C2)cc1. The van der Waals surface area contributed by atoms with Crippen LogP contribution in [0.3, 0.4) is 0 Å². The van der Waals surface area contributed by atoms with Gasteiger partial charge in [0.25, 0.3) is 5.56 Å². The minimum absolute atomic E-state index is 0.00537. The van der Waals surface area contributed by atoms with Crippen LogP contribution in [0, 0.1) is 5.92 Å². The van der Waals surface area contributed by atoms with Crippen LogP contribution in [0.5, 0.6) is 5.75 Å². The van der Waals surface area contributed by atoms with E-state index in [1.54, 1.807) is 0 Å². The maximum absolute atomic E-state index is 12.7. The first-order valence-electron chi connectivity index (χ1n) is 10.4. The number of piperidine rings is 1. The van der Waals surface area contributed by atoms with Crippen molar-refractivity contribution in [1.29, 1.82) is 0 Å². The van der Waals surface area contributed by atoms with Crippen LogP contribution in [-0.4, -0.2) is 35.6 Å². The predicted molar refractivity (Wildman–Crippen MR) is 117 cm³/mol. The highest BCUT2D eigenvalue weighted by Gasteiger charge is 2.27. The van der Waals surface area contributed by atoms with E-state index in [9.17, 15) is 9.59 Å². The first-order chi connectivity index (χ1) is 14.6. The number of ether oxygens (including phenoxy) is 1. The smallest absolute Gasteiger partial charge is 0.291 e. The summed E-state index contributed by atoms with van der Waals surface area (Å²) in [6, 6.07) is 15.2. The molecule has 1 fully saturated rings. The van der Waals surface area contributed by atoms with Crippen molar-refractivity contribution in [2.75, 3.05) is 24.6 Å². The average molecular weight is 406 g/mol. The van der Waals surface area contributed by atoms with Crippen LogP contribution in [0.25, 0.3) is 11.0 Å². The van der Waals surface area contributed by atoms with Crippen molar-refractivity contribution in [2.45, 2.75) is 26.3 Å². The Hall–Kier alpha value is -3.35. The lowest BCUT2D eigenvalue weighted by Gasteiger charge is -2.32. The van der Waals surface area contributed by atoms with Crippen LogP contribution in [0.15, 0.2) is 53.3 Å². The monoisotopic (exact) mass is 406 g/mol. The van der Waals surface area contributed by atoms with E-state index >= 15 is 0 Å². The molecular weight excluding hydrogens is 380 g/mol. The number of benzene rings is 2. The first-order valence-corrected chi connectivity index (χ1v) is 10.4. The van der Waals surface area contributed by atoms with Gasteiger partial charge in [-0.1, -0.05) is 24.3 Å². The van der Waals surface area contributed by atoms with Gasteiger partial charge in [-0.25, -0.2) is 4.98 Å². The van der Waals surface area contributed by atoms with Crippen molar-refractivity contribution in [3.63, 3.8) is 0 Å². The lowest BCUT2D eigenvalue weighted by molar-refractivity contribution is -0.125. The van der Waals surface area contributed by atoms with E-state index in [1.165, 1.54) is 0 Å². The van der Waals surface area contributed by atoms with Gasteiger partial charge in [0.05, 0.1) is 23.6 Å². The normalized spacial score (nSPS) is 16.4. The fourth-order valence-corrected chi connectivity index (χ4v) is 3.82. The molecule has 0 bridgehead atoms. The zero-order chi connectivity index (χ0) is 20.9. The summed E-state index contributed by atoms with van der Waals surface area (Å²) < 4.78 is 5.44. The number of aromatic nitrogens is 2. The molecular formula is C23H26N4O3. The van der Waals surface area contributed by atoms with Gasteiger partial charge in [-0.05, 0) is 49.6 Å². The molecule has 2 heterocycles. The maximum atomic E-state index is 12.7. The second-order valence-corrected chi connectivity index (χ2v) is 7.49. The number of aromatic amines is 1. The van der Waals surface area contributed by atoms with Gasteiger partial charge in [0.2, 0.25) is 5.91 Å². The Bertz CT molecular complexity index is 1080. The second-order valence-electron chi connectivity index (χ2n) is 7.49. The van der Waals surface area contributed by atoms with Gasteiger partial charge in [-0.2, -0.15) is 0 Å². The van der Waals surface area contributed by atoms with Gasteiger partial charge >= 0.3 is 0 Å². The van der Waals surface area contributed by atoms with Crippen LogP contribution < -0.4 is 20.5 Å². The molecule has 1 aromatic heterocycles. The van der Waals surface area contributed by atoms with Crippen molar-refractivity contribution in [3.05, 3.63) is 64.4 Å². The van der Waals surface area contributed by atoms with Crippen molar-refractivity contribution in [3.8, 4) is 5.75 Å². The summed E-state index contributed by atoms with van der Waals surface area (Å²) in [6.45, 7) is 4.25. The number of nitrogens with one attached hydrogen (secondary N) is 2. The van der Waals surface area contributed by atoms with Crippen molar-refractivity contribution in [2.24, 2.45) is 5.92 Å². The highest BCUT2D eigenvalue weighted by molar-refractivity contribution is 5.80. The van der Waals surface area contributed by atoms with Gasteiger partial charge in [0.15, 0.2) is 5.82 Å². The Balaban J connectivity index is 1.40. The van der Waals surface area contributed by atoms with Gasteiger partial charge in [0.1, 0.15) is 5.75 Å². The van der Waals surface area contributed by atoms with E-state index in [1.807, 2.05) is 60.4 Å². The summed E-state index contributed by atoms with van der Waals surface area (Å²) in [5.41, 5.74) is 2.26. The highest BCUT2D eigenvalue weighted by atomic mass is 16.5. The highest BCUT2D eigenvalue weighted by Crippen LogP contribution is 2.21. The van der Waals surface area contributed by atoms with Gasteiger partial charge in [0, 0.05) is 19.6 Å². The summed E-state index contributed by atoms with van der Waals surface area (Å²) in [6.07, 6.45) is 1.65. The zero-order valence-corrected chi connectivity index (χ0v) is 17.1. The number of hydrogen-bond acceptors (Lipinski definition) is 5. The lowest BCUT2D eigenvalue weighted by atomic mass is 9.97. The van der Waals surface area contributed by atoms with Gasteiger partial charge < -0.3 is 19.9 Å². The number of amides is 1. The van der Waals surface area contributed by atoms with Crippen molar-refractivity contribution >= 4 is 22.8 Å². The van der Waals surface area contributed by atoms with Crippen LogP contribution in [-0.2, 0) is 11.3 Å². The third-order valence-electron chi connectivity index (χ3n) is 5.37. The molecule has 0 saturated carbocycles. The van der Waals surface area contributed by atoms with E-state index in [4.69, 9.17) is 4.74 Å². The fraction of sp³-hybridized carbons (Fsp3) is 0.348. The Morgan fingerprint density at radius 3 is 2.83 bits per heavy atom. The zero-order valence-electron chi connectivity index (χ0n) is 17.1. The molecule has 0 unspecified atom stereocenters. The number of fused-ring (bicyclic) bond motifs is 1. The number of carbonyl (C=O) groups excluding carboxylic acids is 1. The predicted octanol–water partition coefficient (Wildman–Crippen LogP) is 2.85. The Morgan fingerprint density at radius 2 is 2.03 bits per heavy atom. The number of rotatable bonds is 6. The molecule has 1 atom stereocenters. The number of H-pyrrole nitrogens is 1. The maximum Gasteiger partial charge on any atom is 0.291 e. The Labute approximate surface area is 175 Å². The van der Waals surface area contributed by atoms with E-state index in [2.05, 4.69) is 15.3 Å². The molecule has 30 heavy (non-hydrogen) atoms. The van der Waals surface area contributed by atoms with Crippen LogP contribution in [0.4, 0.5) is 5.82 Å². The summed E-state index contributed by atoms with van der Waals surface area (Å²) in [4.78, 5) is 34.6. The van der Waals surface area contributed by atoms with E-state index in [-0.39, 0.29) is 17.4 Å². The molecule has 1 amide bonds. The molecule has 2 N–H and O–H groups in total. The largest absolute Gasteiger partial charge is 0.494 e. The molecule has 2 aromatic carbocycles. The van der Waals surface area contributed by atoms with Gasteiger partial charge in [-0.15, -0.1) is 0 Å².